The number of likely N-dealkylation sites (tertiary alicyclic amines) is 2. The van der Waals surface area contributed by atoms with Crippen molar-refractivity contribution in [3.63, 3.8) is 0 Å². The molecule has 1 atom stereocenters. The second-order valence-corrected chi connectivity index (χ2v) is 7.78. The average Bonchev–Trinajstić information content (AvgIpc) is 3.03. The van der Waals surface area contributed by atoms with Crippen LogP contribution in [0.1, 0.15) is 58.8 Å². The summed E-state index contributed by atoms with van der Waals surface area (Å²) in [6.45, 7) is 12.6. The van der Waals surface area contributed by atoms with Crippen LogP contribution >= 0.6 is 0 Å². The van der Waals surface area contributed by atoms with Crippen molar-refractivity contribution in [3.8, 4) is 0 Å². The highest BCUT2D eigenvalue weighted by Gasteiger charge is 2.19. The minimum Gasteiger partial charge on any atom is -0.357 e. The molecule has 0 aromatic rings. The normalized spacial score (nSPS) is 22.1. The van der Waals surface area contributed by atoms with Crippen molar-refractivity contribution < 1.29 is 4.79 Å². The highest BCUT2D eigenvalue weighted by atomic mass is 16.2. The van der Waals surface area contributed by atoms with Gasteiger partial charge in [-0.05, 0) is 64.5 Å². The van der Waals surface area contributed by atoms with E-state index in [1.165, 1.54) is 45.3 Å². The molecule has 0 aliphatic carbocycles. The summed E-state index contributed by atoms with van der Waals surface area (Å²) in [6, 6.07) is 0. The number of unbranched alkanes of at least 4 members (excludes halogenated alkanes) is 1. The summed E-state index contributed by atoms with van der Waals surface area (Å²) in [5, 5.41) is 6.76. The number of aliphatic imine (C=N–C) groups is 1. The SMILES string of the molecule is CCNC(=NCCCN1CCCC1=O)NCCCCN1CCCC(C)C1. The van der Waals surface area contributed by atoms with E-state index in [9.17, 15) is 4.79 Å². The van der Waals surface area contributed by atoms with Gasteiger partial charge >= 0.3 is 0 Å². The Labute approximate surface area is 159 Å². The minimum absolute atomic E-state index is 0.308. The van der Waals surface area contributed by atoms with Crippen LogP contribution in [-0.2, 0) is 4.79 Å². The van der Waals surface area contributed by atoms with Gasteiger partial charge in [0.2, 0.25) is 5.91 Å². The van der Waals surface area contributed by atoms with Crippen molar-refractivity contribution in [3.05, 3.63) is 0 Å². The molecule has 0 spiro atoms. The molecule has 2 saturated heterocycles. The summed E-state index contributed by atoms with van der Waals surface area (Å²) in [5.74, 6) is 2.08. The third-order valence-electron chi connectivity index (χ3n) is 5.31. The zero-order valence-electron chi connectivity index (χ0n) is 16.9. The van der Waals surface area contributed by atoms with E-state index >= 15 is 0 Å². The molecule has 1 amide bonds. The van der Waals surface area contributed by atoms with Crippen LogP contribution in [0.15, 0.2) is 4.99 Å². The second kappa shape index (κ2) is 12.2. The number of carbonyl (C=O) groups excluding carboxylic acids is 1. The van der Waals surface area contributed by atoms with Gasteiger partial charge in [0.1, 0.15) is 0 Å². The lowest BCUT2D eigenvalue weighted by molar-refractivity contribution is -0.127. The fraction of sp³-hybridized carbons (Fsp3) is 0.900. The molecule has 26 heavy (non-hydrogen) atoms. The fourth-order valence-corrected chi connectivity index (χ4v) is 3.89. The Morgan fingerprint density at radius 2 is 2.04 bits per heavy atom. The first-order chi connectivity index (χ1) is 12.7. The molecule has 150 valence electrons. The molecule has 2 heterocycles. The van der Waals surface area contributed by atoms with Crippen LogP contribution in [0, 0.1) is 5.92 Å². The summed E-state index contributed by atoms with van der Waals surface area (Å²) in [4.78, 5) is 20.8. The average molecular weight is 366 g/mol. The molecule has 2 fully saturated rings. The van der Waals surface area contributed by atoms with Crippen LogP contribution in [0.25, 0.3) is 0 Å². The van der Waals surface area contributed by atoms with E-state index in [4.69, 9.17) is 0 Å². The van der Waals surface area contributed by atoms with Gasteiger partial charge in [-0.3, -0.25) is 9.79 Å². The summed E-state index contributed by atoms with van der Waals surface area (Å²) in [6.07, 6.45) is 7.86. The van der Waals surface area contributed by atoms with Crippen LogP contribution in [0.4, 0.5) is 0 Å². The monoisotopic (exact) mass is 365 g/mol. The number of hydrogen-bond donors (Lipinski definition) is 2. The summed E-state index contributed by atoms with van der Waals surface area (Å²) in [5.41, 5.74) is 0. The molecule has 6 nitrogen and oxygen atoms in total. The summed E-state index contributed by atoms with van der Waals surface area (Å²) < 4.78 is 0. The maximum atomic E-state index is 11.6. The topological polar surface area (TPSA) is 60.0 Å². The van der Waals surface area contributed by atoms with Crippen molar-refractivity contribution in [2.75, 3.05) is 52.4 Å². The Balaban J connectivity index is 1.55. The van der Waals surface area contributed by atoms with E-state index in [2.05, 4.69) is 34.4 Å². The van der Waals surface area contributed by atoms with Gasteiger partial charge in [0.05, 0.1) is 0 Å². The number of carbonyl (C=O) groups is 1. The van der Waals surface area contributed by atoms with Crippen molar-refractivity contribution in [2.45, 2.75) is 58.8 Å². The van der Waals surface area contributed by atoms with Crippen LogP contribution in [0.5, 0.6) is 0 Å². The lowest BCUT2D eigenvalue weighted by atomic mass is 10.0. The molecule has 0 aromatic heterocycles. The first-order valence-corrected chi connectivity index (χ1v) is 10.7. The number of nitrogens with one attached hydrogen (secondary N) is 2. The molecule has 0 aromatic carbocycles. The van der Waals surface area contributed by atoms with E-state index in [1.807, 2.05) is 4.90 Å². The van der Waals surface area contributed by atoms with Gasteiger partial charge < -0.3 is 20.4 Å². The number of nitrogens with zero attached hydrogens (tertiary/aromatic N) is 3. The predicted molar refractivity (Wildman–Crippen MR) is 108 cm³/mol. The quantitative estimate of drug-likeness (QED) is 0.353. The molecule has 1 unspecified atom stereocenters. The van der Waals surface area contributed by atoms with Crippen LogP contribution in [0.2, 0.25) is 0 Å². The summed E-state index contributed by atoms with van der Waals surface area (Å²) >= 11 is 0. The van der Waals surface area contributed by atoms with Crippen LogP contribution in [-0.4, -0.2) is 74.0 Å². The van der Waals surface area contributed by atoms with Crippen molar-refractivity contribution in [1.29, 1.82) is 0 Å². The molecule has 2 aliphatic rings. The summed E-state index contributed by atoms with van der Waals surface area (Å²) in [7, 11) is 0. The number of rotatable bonds is 10. The van der Waals surface area contributed by atoms with E-state index in [1.54, 1.807) is 0 Å². The zero-order chi connectivity index (χ0) is 18.6. The molecular formula is C20H39N5O. The van der Waals surface area contributed by atoms with Gasteiger partial charge in [-0.1, -0.05) is 6.92 Å². The number of hydrogen-bond acceptors (Lipinski definition) is 3. The van der Waals surface area contributed by atoms with Gasteiger partial charge in [0.25, 0.3) is 0 Å². The molecular weight excluding hydrogens is 326 g/mol. The van der Waals surface area contributed by atoms with Gasteiger partial charge in [0.15, 0.2) is 5.96 Å². The Bertz CT molecular complexity index is 440. The van der Waals surface area contributed by atoms with Crippen molar-refractivity contribution in [2.24, 2.45) is 10.9 Å². The zero-order valence-corrected chi connectivity index (χ0v) is 16.9. The van der Waals surface area contributed by atoms with Gasteiger partial charge in [-0.15, -0.1) is 0 Å². The predicted octanol–water partition coefficient (Wildman–Crippen LogP) is 2.07. The Morgan fingerprint density at radius 1 is 1.15 bits per heavy atom. The Kier molecular flexibility index (Phi) is 9.82. The van der Waals surface area contributed by atoms with E-state index in [0.717, 1.165) is 63.9 Å². The lowest BCUT2D eigenvalue weighted by Gasteiger charge is -2.30. The molecule has 2 aliphatic heterocycles. The van der Waals surface area contributed by atoms with Gasteiger partial charge in [-0.2, -0.15) is 0 Å². The smallest absolute Gasteiger partial charge is 0.222 e. The number of amides is 1. The Morgan fingerprint density at radius 3 is 2.77 bits per heavy atom. The highest BCUT2D eigenvalue weighted by molar-refractivity contribution is 5.79. The molecule has 2 N–H and O–H groups in total. The standard InChI is InChI=1S/C20H39N5O/c1-3-21-20(23-12-8-16-25-15-7-10-19(25)26)22-11-4-5-13-24-14-6-9-18(2)17-24/h18H,3-17H2,1-2H3,(H2,21,22,23). The minimum atomic E-state index is 0.308. The van der Waals surface area contributed by atoms with Gasteiger partial charge in [-0.25, -0.2) is 0 Å². The molecule has 6 heteroatoms. The van der Waals surface area contributed by atoms with Crippen molar-refractivity contribution >= 4 is 11.9 Å². The van der Waals surface area contributed by atoms with E-state index in [-0.39, 0.29) is 0 Å². The third kappa shape index (κ3) is 7.94. The largest absolute Gasteiger partial charge is 0.357 e. The second-order valence-electron chi connectivity index (χ2n) is 7.78. The molecule has 0 radical (unpaired) electrons. The van der Waals surface area contributed by atoms with Gasteiger partial charge in [0, 0.05) is 45.7 Å². The maximum absolute atomic E-state index is 11.6. The highest BCUT2D eigenvalue weighted by Crippen LogP contribution is 2.15. The first kappa shape index (κ1) is 21.0. The maximum Gasteiger partial charge on any atom is 0.222 e. The lowest BCUT2D eigenvalue weighted by Crippen LogP contribution is -2.38. The fourth-order valence-electron chi connectivity index (χ4n) is 3.89. The molecule has 0 bridgehead atoms. The van der Waals surface area contributed by atoms with Crippen molar-refractivity contribution in [1.82, 2.24) is 20.4 Å². The number of piperidine rings is 1. The molecule has 2 rings (SSSR count). The van der Waals surface area contributed by atoms with Crippen LogP contribution in [0.3, 0.4) is 0 Å². The van der Waals surface area contributed by atoms with E-state index in [0.29, 0.717) is 5.91 Å². The Hall–Kier alpha value is -1.30. The molecule has 0 saturated carbocycles. The van der Waals surface area contributed by atoms with E-state index < -0.39 is 0 Å². The first-order valence-electron chi connectivity index (χ1n) is 10.7. The third-order valence-corrected chi connectivity index (χ3v) is 5.31. The number of guanidine groups is 1. The van der Waals surface area contributed by atoms with Crippen LogP contribution < -0.4 is 10.6 Å².